The Kier molecular flexibility index (Phi) is 6.69. The van der Waals surface area contributed by atoms with Gasteiger partial charge < -0.3 is 24.3 Å². The lowest BCUT2D eigenvalue weighted by molar-refractivity contribution is -0.132. The number of carbonyl (C=O) groups is 2. The van der Waals surface area contributed by atoms with Gasteiger partial charge in [0, 0.05) is 26.6 Å². The maximum absolute atomic E-state index is 13.1. The molecule has 0 bridgehead atoms. The molecule has 9 heteroatoms. The maximum Gasteiger partial charge on any atom is 0.267 e. The Labute approximate surface area is 190 Å². The first-order chi connectivity index (χ1) is 16.0. The molecule has 1 N–H and O–H groups in total. The molecular weight excluding hydrogens is 424 g/mol. The Morgan fingerprint density at radius 3 is 2.76 bits per heavy atom. The number of nitrogens with one attached hydrogen (secondary N) is 1. The van der Waals surface area contributed by atoms with E-state index in [2.05, 4.69) is 9.97 Å². The minimum absolute atomic E-state index is 0.105. The first kappa shape index (κ1) is 22.5. The second kappa shape index (κ2) is 9.83. The minimum Gasteiger partial charge on any atom is -0.479 e. The molecule has 0 fully saturated rings. The van der Waals surface area contributed by atoms with Crippen LogP contribution in [0.25, 0.3) is 10.9 Å². The van der Waals surface area contributed by atoms with Crippen molar-refractivity contribution in [1.82, 2.24) is 14.9 Å². The highest BCUT2D eigenvalue weighted by atomic mass is 16.5. The van der Waals surface area contributed by atoms with Crippen molar-refractivity contribution in [3.8, 4) is 5.75 Å². The number of rotatable bonds is 8. The van der Waals surface area contributed by atoms with Gasteiger partial charge in [0.1, 0.15) is 11.6 Å². The molecule has 2 amide bonds. The van der Waals surface area contributed by atoms with Crippen LogP contribution in [0.1, 0.15) is 19.2 Å². The van der Waals surface area contributed by atoms with Gasteiger partial charge in [-0.05, 0) is 31.2 Å². The van der Waals surface area contributed by atoms with Gasteiger partial charge in [-0.2, -0.15) is 0 Å². The average Bonchev–Trinajstić information content (AvgIpc) is 2.82. The van der Waals surface area contributed by atoms with E-state index in [0.29, 0.717) is 41.3 Å². The monoisotopic (exact) mass is 450 g/mol. The quantitative estimate of drug-likeness (QED) is 0.564. The second-order valence-corrected chi connectivity index (χ2v) is 7.81. The van der Waals surface area contributed by atoms with E-state index in [1.54, 1.807) is 54.2 Å². The molecule has 0 saturated heterocycles. The van der Waals surface area contributed by atoms with Crippen LogP contribution in [0, 0.1) is 0 Å². The number of fused-ring (bicyclic) bond motifs is 2. The van der Waals surface area contributed by atoms with Crippen molar-refractivity contribution in [3.05, 3.63) is 64.7 Å². The molecule has 4 rings (SSSR count). The SMILES string of the molecule is COCCN(Cc1nc2ccccc2c(=O)[nH]1)C(=O)CCN1C(=O)C(C)Oc2ccccc21. The first-order valence-corrected chi connectivity index (χ1v) is 10.8. The number of para-hydroxylation sites is 3. The molecule has 1 aliphatic heterocycles. The van der Waals surface area contributed by atoms with E-state index in [4.69, 9.17) is 9.47 Å². The third-order valence-electron chi connectivity index (χ3n) is 5.54. The Hall–Kier alpha value is -3.72. The number of aromatic amines is 1. The number of ether oxygens (including phenoxy) is 2. The van der Waals surface area contributed by atoms with Crippen LogP contribution in [0.5, 0.6) is 5.75 Å². The van der Waals surface area contributed by atoms with Crippen LogP contribution >= 0.6 is 0 Å². The topological polar surface area (TPSA) is 105 Å². The van der Waals surface area contributed by atoms with Gasteiger partial charge in [-0.15, -0.1) is 0 Å². The molecule has 172 valence electrons. The average molecular weight is 450 g/mol. The van der Waals surface area contributed by atoms with Crippen LogP contribution in [0.3, 0.4) is 0 Å². The van der Waals surface area contributed by atoms with Crippen molar-refractivity contribution in [2.24, 2.45) is 0 Å². The van der Waals surface area contributed by atoms with Crippen molar-refractivity contribution in [1.29, 1.82) is 0 Å². The number of H-pyrrole nitrogens is 1. The summed E-state index contributed by atoms with van der Waals surface area (Å²) in [7, 11) is 1.56. The summed E-state index contributed by atoms with van der Waals surface area (Å²) in [5.41, 5.74) is 0.969. The predicted molar refractivity (Wildman–Crippen MR) is 123 cm³/mol. The highest BCUT2D eigenvalue weighted by molar-refractivity contribution is 6.00. The van der Waals surface area contributed by atoms with Gasteiger partial charge >= 0.3 is 0 Å². The number of benzene rings is 2. The predicted octanol–water partition coefficient (Wildman–Crippen LogP) is 2.10. The minimum atomic E-state index is -0.619. The molecule has 1 aliphatic rings. The summed E-state index contributed by atoms with van der Waals surface area (Å²) in [6, 6.07) is 14.3. The van der Waals surface area contributed by atoms with E-state index in [9.17, 15) is 14.4 Å². The summed E-state index contributed by atoms with van der Waals surface area (Å²) in [5.74, 6) is 0.647. The van der Waals surface area contributed by atoms with Crippen molar-refractivity contribution < 1.29 is 19.1 Å². The summed E-state index contributed by atoms with van der Waals surface area (Å²) in [4.78, 5) is 48.7. The normalized spacial score (nSPS) is 15.3. The first-order valence-electron chi connectivity index (χ1n) is 10.8. The van der Waals surface area contributed by atoms with Gasteiger partial charge in [0.05, 0.1) is 29.7 Å². The largest absolute Gasteiger partial charge is 0.479 e. The molecule has 3 aromatic rings. The molecular formula is C24H26N4O5. The molecule has 0 radical (unpaired) electrons. The van der Waals surface area contributed by atoms with Crippen LogP contribution in [-0.2, 0) is 20.9 Å². The molecule has 1 atom stereocenters. The van der Waals surface area contributed by atoms with E-state index >= 15 is 0 Å². The van der Waals surface area contributed by atoms with Crippen LogP contribution in [-0.4, -0.2) is 59.6 Å². The van der Waals surface area contributed by atoms with Crippen molar-refractivity contribution in [2.75, 3.05) is 31.7 Å². The molecule has 2 aromatic carbocycles. The number of hydrogen-bond acceptors (Lipinski definition) is 6. The van der Waals surface area contributed by atoms with Crippen molar-refractivity contribution in [2.45, 2.75) is 26.0 Å². The molecule has 0 aliphatic carbocycles. The number of methoxy groups -OCH3 is 1. The number of hydrogen-bond donors (Lipinski definition) is 1. The molecule has 1 aromatic heterocycles. The lowest BCUT2D eigenvalue weighted by Crippen LogP contribution is -2.46. The number of carbonyl (C=O) groups excluding carboxylic acids is 2. The molecule has 0 spiro atoms. The van der Waals surface area contributed by atoms with Gasteiger partial charge in [-0.25, -0.2) is 4.98 Å². The number of nitrogens with zero attached hydrogens (tertiary/aromatic N) is 3. The highest BCUT2D eigenvalue weighted by Crippen LogP contribution is 2.33. The fourth-order valence-electron chi connectivity index (χ4n) is 3.84. The van der Waals surface area contributed by atoms with Gasteiger partial charge in [0.25, 0.3) is 11.5 Å². The third kappa shape index (κ3) is 4.88. The molecule has 0 saturated carbocycles. The number of aromatic nitrogens is 2. The van der Waals surface area contributed by atoms with Crippen LogP contribution in [0.4, 0.5) is 5.69 Å². The maximum atomic E-state index is 13.1. The lowest BCUT2D eigenvalue weighted by Gasteiger charge is -2.33. The standard InChI is InChI=1S/C24H26N4O5/c1-16-24(31)28(19-9-5-6-10-20(19)33-16)12-11-22(29)27(13-14-32-2)15-21-25-18-8-4-3-7-17(18)23(30)26-21/h3-10,16H,11-15H2,1-2H3,(H,25,26,30). The van der Waals surface area contributed by atoms with Crippen molar-refractivity contribution in [3.63, 3.8) is 0 Å². The van der Waals surface area contributed by atoms with E-state index in [-0.39, 0.29) is 36.9 Å². The van der Waals surface area contributed by atoms with Crippen LogP contribution in [0.15, 0.2) is 53.3 Å². The number of anilines is 1. The van der Waals surface area contributed by atoms with Gasteiger partial charge in [0.15, 0.2) is 6.10 Å². The second-order valence-electron chi connectivity index (χ2n) is 7.81. The number of amides is 2. The Bertz CT molecular complexity index is 1220. The summed E-state index contributed by atoms with van der Waals surface area (Å²) in [5, 5.41) is 0.495. The van der Waals surface area contributed by atoms with Crippen LogP contribution in [0.2, 0.25) is 0 Å². The summed E-state index contributed by atoms with van der Waals surface area (Å²) < 4.78 is 10.8. The zero-order valence-electron chi connectivity index (χ0n) is 18.6. The Morgan fingerprint density at radius 2 is 1.94 bits per heavy atom. The van der Waals surface area contributed by atoms with E-state index in [0.717, 1.165) is 0 Å². The summed E-state index contributed by atoms with van der Waals surface area (Å²) in [6.45, 7) is 2.70. The van der Waals surface area contributed by atoms with E-state index in [1.165, 1.54) is 0 Å². The lowest BCUT2D eigenvalue weighted by atomic mass is 10.1. The van der Waals surface area contributed by atoms with Crippen molar-refractivity contribution >= 4 is 28.4 Å². The van der Waals surface area contributed by atoms with E-state index in [1.807, 2.05) is 18.2 Å². The Balaban J connectivity index is 1.51. The fourth-order valence-corrected chi connectivity index (χ4v) is 3.84. The third-order valence-corrected chi connectivity index (χ3v) is 5.54. The summed E-state index contributed by atoms with van der Waals surface area (Å²) >= 11 is 0. The van der Waals surface area contributed by atoms with Crippen LogP contribution < -0.4 is 15.2 Å². The molecule has 9 nitrogen and oxygen atoms in total. The van der Waals surface area contributed by atoms with Gasteiger partial charge in [0.2, 0.25) is 5.91 Å². The summed E-state index contributed by atoms with van der Waals surface area (Å²) in [6.07, 6.45) is -0.514. The Morgan fingerprint density at radius 1 is 1.18 bits per heavy atom. The zero-order chi connectivity index (χ0) is 23.4. The zero-order valence-corrected chi connectivity index (χ0v) is 18.6. The smallest absolute Gasteiger partial charge is 0.267 e. The fraction of sp³-hybridized carbons (Fsp3) is 0.333. The van der Waals surface area contributed by atoms with Gasteiger partial charge in [-0.1, -0.05) is 24.3 Å². The highest BCUT2D eigenvalue weighted by Gasteiger charge is 2.31. The molecule has 33 heavy (non-hydrogen) atoms. The van der Waals surface area contributed by atoms with E-state index < -0.39 is 6.10 Å². The van der Waals surface area contributed by atoms with Gasteiger partial charge in [-0.3, -0.25) is 14.4 Å². The molecule has 2 heterocycles. The molecule has 1 unspecified atom stereocenters.